The monoisotopic (exact) mass is 357 g/mol. The van der Waals surface area contributed by atoms with Gasteiger partial charge in [-0.05, 0) is 42.8 Å². The Bertz CT molecular complexity index is 676. The second kappa shape index (κ2) is 7.73. The summed E-state index contributed by atoms with van der Waals surface area (Å²) in [5, 5.41) is 4.12. The molecule has 1 N–H and O–H groups in total. The molecule has 0 saturated carbocycles. The third kappa shape index (κ3) is 4.54. The van der Waals surface area contributed by atoms with Crippen LogP contribution in [0.5, 0.6) is 5.75 Å². The fraction of sp³-hybridized carbons (Fsp3) is 0.188. The first-order valence-electron chi connectivity index (χ1n) is 6.67. The molecule has 2 aromatic carbocycles. The fourth-order valence-electron chi connectivity index (χ4n) is 1.82. The number of halogens is 3. The molecule has 22 heavy (non-hydrogen) atoms. The number of rotatable bonds is 5. The highest BCUT2D eigenvalue weighted by Crippen LogP contribution is 2.25. The quantitative estimate of drug-likeness (QED) is 0.772. The van der Waals surface area contributed by atoms with Gasteiger partial charge in [0, 0.05) is 10.7 Å². The van der Waals surface area contributed by atoms with Crippen molar-refractivity contribution in [3.05, 3.63) is 57.5 Å². The van der Waals surface area contributed by atoms with Gasteiger partial charge in [-0.3, -0.25) is 4.79 Å². The van der Waals surface area contributed by atoms with Gasteiger partial charge in [-0.25, -0.2) is 0 Å². The predicted octanol–water partition coefficient (Wildman–Crippen LogP) is 5.44. The molecule has 0 aromatic heterocycles. The summed E-state index contributed by atoms with van der Waals surface area (Å²) in [5.74, 6) is 0.282. The van der Waals surface area contributed by atoms with E-state index in [-0.39, 0.29) is 5.91 Å². The molecule has 0 bridgehead atoms. The Morgan fingerprint density at radius 3 is 2.55 bits per heavy atom. The van der Waals surface area contributed by atoms with Crippen molar-refractivity contribution in [1.29, 1.82) is 0 Å². The van der Waals surface area contributed by atoms with E-state index in [0.717, 1.165) is 0 Å². The first-order chi connectivity index (χ1) is 10.5. The van der Waals surface area contributed by atoms with Crippen LogP contribution in [0, 0.1) is 0 Å². The molecule has 0 aliphatic carbocycles. The average Bonchev–Trinajstić information content (AvgIpc) is 2.48. The summed E-state index contributed by atoms with van der Waals surface area (Å²) in [7, 11) is 0. The summed E-state index contributed by atoms with van der Waals surface area (Å²) < 4.78 is 5.68. The number of ether oxygens (including phenoxy) is 1. The maximum absolute atomic E-state index is 12.3. The third-order valence-electron chi connectivity index (χ3n) is 2.92. The molecule has 0 unspecified atom stereocenters. The molecule has 2 rings (SSSR count). The Kier molecular flexibility index (Phi) is 5.95. The van der Waals surface area contributed by atoms with Crippen molar-refractivity contribution in [3.63, 3.8) is 0 Å². The maximum atomic E-state index is 12.3. The summed E-state index contributed by atoms with van der Waals surface area (Å²) in [6.07, 6.45) is -0.118. The van der Waals surface area contributed by atoms with Crippen molar-refractivity contribution >= 4 is 46.4 Å². The van der Waals surface area contributed by atoms with Crippen LogP contribution in [0.3, 0.4) is 0 Å². The van der Waals surface area contributed by atoms with Crippen LogP contribution in [0.15, 0.2) is 42.5 Å². The van der Waals surface area contributed by atoms with E-state index < -0.39 is 6.10 Å². The molecule has 0 aliphatic heterocycles. The molecule has 0 aliphatic rings. The largest absolute Gasteiger partial charge is 0.481 e. The van der Waals surface area contributed by atoms with E-state index in [2.05, 4.69) is 5.32 Å². The van der Waals surface area contributed by atoms with Crippen molar-refractivity contribution in [1.82, 2.24) is 0 Å². The first-order valence-corrected chi connectivity index (χ1v) is 7.81. The summed E-state index contributed by atoms with van der Waals surface area (Å²) in [6, 6.07) is 11.8. The molecule has 1 amide bonds. The number of hydrogen-bond donors (Lipinski definition) is 1. The standard InChI is InChI=1S/C16H14Cl3NO2/c1-2-15(22-12-5-3-4-10(17)8-12)16(21)20-11-6-7-13(18)14(19)9-11/h3-9,15H,2H2,1H3,(H,20,21)/t15-/m1/s1. The van der Waals surface area contributed by atoms with E-state index in [9.17, 15) is 4.79 Å². The third-order valence-corrected chi connectivity index (χ3v) is 3.90. The minimum atomic E-state index is -0.632. The lowest BCUT2D eigenvalue weighted by atomic mass is 10.2. The van der Waals surface area contributed by atoms with E-state index in [1.165, 1.54) is 0 Å². The topological polar surface area (TPSA) is 38.3 Å². The number of nitrogens with one attached hydrogen (secondary N) is 1. The predicted molar refractivity (Wildman–Crippen MR) is 91.3 cm³/mol. The Hall–Kier alpha value is -1.42. The Morgan fingerprint density at radius 2 is 1.91 bits per heavy atom. The van der Waals surface area contributed by atoms with Crippen molar-refractivity contribution in [2.75, 3.05) is 5.32 Å². The van der Waals surface area contributed by atoms with E-state index in [4.69, 9.17) is 39.5 Å². The summed E-state index contributed by atoms with van der Waals surface area (Å²) in [4.78, 5) is 12.3. The summed E-state index contributed by atoms with van der Waals surface area (Å²) in [6.45, 7) is 1.86. The van der Waals surface area contributed by atoms with Crippen LogP contribution in [0.1, 0.15) is 13.3 Å². The van der Waals surface area contributed by atoms with E-state index in [1.54, 1.807) is 42.5 Å². The van der Waals surface area contributed by atoms with Crippen molar-refractivity contribution in [3.8, 4) is 5.75 Å². The zero-order chi connectivity index (χ0) is 16.1. The number of benzene rings is 2. The SMILES string of the molecule is CC[C@@H](Oc1cccc(Cl)c1)C(=O)Nc1ccc(Cl)c(Cl)c1. The molecule has 0 spiro atoms. The molecule has 116 valence electrons. The number of anilines is 1. The van der Waals surface area contributed by atoms with Gasteiger partial charge in [0.15, 0.2) is 6.10 Å². The number of amides is 1. The van der Waals surface area contributed by atoms with Gasteiger partial charge in [-0.15, -0.1) is 0 Å². The van der Waals surface area contributed by atoms with Gasteiger partial charge < -0.3 is 10.1 Å². The lowest BCUT2D eigenvalue weighted by molar-refractivity contribution is -0.122. The van der Waals surface area contributed by atoms with Gasteiger partial charge in [-0.2, -0.15) is 0 Å². The Morgan fingerprint density at radius 1 is 1.14 bits per heavy atom. The van der Waals surface area contributed by atoms with Crippen LogP contribution >= 0.6 is 34.8 Å². The highest BCUT2D eigenvalue weighted by Gasteiger charge is 2.19. The molecule has 0 heterocycles. The van der Waals surface area contributed by atoms with E-state index >= 15 is 0 Å². The summed E-state index contributed by atoms with van der Waals surface area (Å²) >= 11 is 17.7. The molecular formula is C16H14Cl3NO2. The highest BCUT2D eigenvalue weighted by atomic mass is 35.5. The fourth-order valence-corrected chi connectivity index (χ4v) is 2.30. The van der Waals surface area contributed by atoms with Crippen LogP contribution in [0.4, 0.5) is 5.69 Å². The van der Waals surface area contributed by atoms with Crippen LogP contribution in [-0.4, -0.2) is 12.0 Å². The van der Waals surface area contributed by atoms with Crippen LogP contribution in [0.25, 0.3) is 0 Å². The van der Waals surface area contributed by atoms with E-state index in [1.807, 2.05) is 6.92 Å². The number of hydrogen-bond acceptors (Lipinski definition) is 2. The Balaban J connectivity index is 2.06. The van der Waals surface area contributed by atoms with Gasteiger partial charge in [0.05, 0.1) is 10.0 Å². The van der Waals surface area contributed by atoms with Crippen molar-refractivity contribution in [2.24, 2.45) is 0 Å². The van der Waals surface area contributed by atoms with Gasteiger partial charge >= 0.3 is 0 Å². The molecule has 2 aromatic rings. The average molecular weight is 359 g/mol. The zero-order valence-corrected chi connectivity index (χ0v) is 14.0. The normalized spacial score (nSPS) is 11.8. The minimum absolute atomic E-state index is 0.263. The van der Waals surface area contributed by atoms with Crippen molar-refractivity contribution < 1.29 is 9.53 Å². The molecule has 0 saturated heterocycles. The molecule has 0 radical (unpaired) electrons. The van der Waals surface area contributed by atoms with Gasteiger partial charge in [0.1, 0.15) is 5.75 Å². The maximum Gasteiger partial charge on any atom is 0.265 e. The van der Waals surface area contributed by atoms with Crippen LogP contribution < -0.4 is 10.1 Å². The lowest BCUT2D eigenvalue weighted by Crippen LogP contribution is -2.32. The summed E-state index contributed by atoms with van der Waals surface area (Å²) in [5.41, 5.74) is 0.563. The van der Waals surface area contributed by atoms with Crippen molar-refractivity contribution in [2.45, 2.75) is 19.4 Å². The minimum Gasteiger partial charge on any atom is -0.481 e. The van der Waals surface area contributed by atoms with E-state index in [0.29, 0.717) is 32.9 Å². The smallest absolute Gasteiger partial charge is 0.265 e. The second-order valence-corrected chi connectivity index (χ2v) is 5.84. The molecular weight excluding hydrogens is 345 g/mol. The lowest BCUT2D eigenvalue weighted by Gasteiger charge is -2.17. The first kappa shape index (κ1) is 16.9. The molecule has 0 fully saturated rings. The highest BCUT2D eigenvalue weighted by molar-refractivity contribution is 6.42. The second-order valence-electron chi connectivity index (χ2n) is 4.59. The Labute approximate surface area is 144 Å². The number of carbonyl (C=O) groups is 1. The zero-order valence-electron chi connectivity index (χ0n) is 11.8. The van der Waals surface area contributed by atoms with Gasteiger partial charge in [0.2, 0.25) is 0 Å². The van der Waals surface area contributed by atoms with Gasteiger partial charge in [-0.1, -0.05) is 47.8 Å². The molecule has 1 atom stereocenters. The molecule has 3 nitrogen and oxygen atoms in total. The molecule has 6 heteroatoms. The van der Waals surface area contributed by atoms with Gasteiger partial charge in [0.25, 0.3) is 5.91 Å². The van der Waals surface area contributed by atoms with Crippen LogP contribution in [0.2, 0.25) is 15.1 Å². The number of carbonyl (C=O) groups excluding carboxylic acids is 1. The van der Waals surface area contributed by atoms with Crippen LogP contribution in [-0.2, 0) is 4.79 Å².